The first-order valence-electron chi connectivity index (χ1n) is 5.43. The largest absolute Gasteiger partial charge is 0.466 e. The lowest BCUT2D eigenvalue weighted by Crippen LogP contribution is -2.17. The molecule has 0 unspecified atom stereocenters. The number of rotatable bonds is 4. The van der Waals surface area contributed by atoms with Crippen LogP contribution in [0.25, 0.3) is 0 Å². The summed E-state index contributed by atoms with van der Waals surface area (Å²) in [7, 11) is 0. The van der Waals surface area contributed by atoms with Crippen molar-refractivity contribution in [2.45, 2.75) is 25.6 Å². The number of nitrogens with two attached hydrogens (primary N) is 1. The van der Waals surface area contributed by atoms with Crippen LogP contribution in [-0.4, -0.2) is 12.6 Å². The van der Waals surface area contributed by atoms with Crippen molar-refractivity contribution in [2.75, 3.05) is 6.61 Å². The summed E-state index contributed by atoms with van der Waals surface area (Å²) < 4.78 is 41.7. The summed E-state index contributed by atoms with van der Waals surface area (Å²) in [6.07, 6.45) is -4.43. The lowest BCUT2D eigenvalue weighted by molar-refractivity contribution is -0.143. The normalized spacial score (nSPS) is 13.2. The molecule has 0 radical (unpaired) electrons. The average Bonchev–Trinajstić information content (AvgIpc) is 2.28. The molecule has 3 nitrogen and oxygen atoms in total. The van der Waals surface area contributed by atoms with Crippen molar-refractivity contribution in [1.29, 1.82) is 0 Å². The van der Waals surface area contributed by atoms with Crippen LogP contribution < -0.4 is 5.73 Å². The van der Waals surface area contributed by atoms with Crippen molar-refractivity contribution < 1.29 is 22.7 Å². The Bertz CT molecular complexity index is 401. The van der Waals surface area contributed by atoms with Gasteiger partial charge in [-0.05, 0) is 24.6 Å². The molecule has 0 bridgehead atoms. The third-order valence-corrected chi connectivity index (χ3v) is 2.36. The highest BCUT2D eigenvalue weighted by Gasteiger charge is 2.30. The summed E-state index contributed by atoms with van der Waals surface area (Å²) in [4.78, 5) is 11.2. The van der Waals surface area contributed by atoms with E-state index in [1.54, 1.807) is 6.92 Å². The quantitative estimate of drug-likeness (QED) is 0.848. The summed E-state index contributed by atoms with van der Waals surface area (Å²) in [5.74, 6) is -0.468. The molecule has 2 N–H and O–H groups in total. The van der Waals surface area contributed by atoms with Gasteiger partial charge in [0.2, 0.25) is 0 Å². The summed E-state index contributed by atoms with van der Waals surface area (Å²) in [5.41, 5.74) is 5.43. The predicted octanol–water partition coefficient (Wildman–Crippen LogP) is 2.66. The third-order valence-electron chi connectivity index (χ3n) is 2.36. The minimum absolute atomic E-state index is 0.0563. The molecule has 0 aliphatic carbocycles. The summed E-state index contributed by atoms with van der Waals surface area (Å²) in [6, 6.07) is 3.77. The maximum atomic E-state index is 12.3. The number of alkyl halides is 3. The number of carbonyl (C=O) groups is 1. The molecule has 0 aliphatic rings. The number of halogens is 3. The van der Waals surface area contributed by atoms with Gasteiger partial charge in [0.05, 0.1) is 18.6 Å². The Morgan fingerprint density at radius 1 is 1.33 bits per heavy atom. The van der Waals surface area contributed by atoms with Crippen LogP contribution in [0.4, 0.5) is 13.2 Å². The van der Waals surface area contributed by atoms with Crippen molar-refractivity contribution in [2.24, 2.45) is 5.73 Å². The minimum atomic E-state index is -4.37. The maximum absolute atomic E-state index is 12.3. The Morgan fingerprint density at radius 3 is 2.33 bits per heavy atom. The predicted molar refractivity (Wildman–Crippen MR) is 59.6 cm³/mol. The molecule has 0 saturated heterocycles. The highest BCUT2D eigenvalue weighted by molar-refractivity contribution is 5.70. The molecule has 100 valence electrons. The smallest absolute Gasteiger partial charge is 0.416 e. The van der Waals surface area contributed by atoms with Gasteiger partial charge in [-0.25, -0.2) is 0 Å². The number of esters is 1. The van der Waals surface area contributed by atoms with E-state index in [2.05, 4.69) is 0 Å². The van der Waals surface area contributed by atoms with Gasteiger partial charge in [-0.15, -0.1) is 0 Å². The first-order valence-corrected chi connectivity index (χ1v) is 5.43. The van der Waals surface area contributed by atoms with Crippen LogP contribution in [0, 0.1) is 0 Å². The fourth-order valence-electron chi connectivity index (χ4n) is 1.44. The second-order valence-corrected chi connectivity index (χ2v) is 3.74. The molecule has 1 atom stereocenters. The standard InChI is InChI=1S/C12H14F3NO2/c1-2-18-11(17)7-10(16)8-3-5-9(6-4-8)12(13,14)15/h3-6,10H,2,7,16H2,1H3/t10-/m0/s1. The lowest BCUT2D eigenvalue weighted by Gasteiger charge is -2.12. The van der Waals surface area contributed by atoms with Crippen LogP contribution in [0.15, 0.2) is 24.3 Å². The van der Waals surface area contributed by atoms with Gasteiger partial charge >= 0.3 is 12.1 Å². The molecule has 1 aromatic rings. The molecule has 0 saturated carbocycles. The number of ether oxygens (including phenoxy) is 1. The van der Waals surface area contributed by atoms with E-state index >= 15 is 0 Å². The van der Waals surface area contributed by atoms with Crippen LogP contribution in [0.2, 0.25) is 0 Å². The fourth-order valence-corrected chi connectivity index (χ4v) is 1.44. The van der Waals surface area contributed by atoms with Crippen molar-refractivity contribution in [3.8, 4) is 0 Å². The Morgan fingerprint density at radius 2 is 1.89 bits per heavy atom. The molecule has 6 heteroatoms. The number of benzene rings is 1. The van der Waals surface area contributed by atoms with Gasteiger partial charge in [0.15, 0.2) is 0 Å². The molecule has 0 aliphatic heterocycles. The summed E-state index contributed by atoms with van der Waals surface area (Å²) >= 11 is 0. The molecule has 1 rings (SSSR count). The SMILES string of the molecule is CCOC(=O)C[C@H](N)c1ccc(C(F)(F)F)cc1. The van der Waals surface area contributed by atoms with Gasteiger partial charge < -0.3 is 10.5 Å². The monoisotopic (exact) mass is 261 g/mol. The molecule has 18 heavy (non-hydrogen) atoms. The van der Waals surface area contributed by atoms with E-state index in [-0.39, 0.29) is 13.0 Å². The molecule has 0 heterocycles. The zero-order chi connectivity index (χ0) is 13.8. The van der Waals surface area contributed by atoms with E-state index in [1.165, 1.54) is 12.1 Å². The second-order valence-electron chi connectivity index (χ2n) is 3.74. The van der Waals surface area contributed by atoms with Crippen LogP contribution in [0.1, 0.15) is 30.5 Å². The van der Waals surface area contributed by atoms with Gasteiger partial charge in [-0.1, -0.05) is 12.1 Å². The van der Waals surface area contributed by atoms with E-state index in [4.69, 9.17) is 10.5 Å². The molecular formula is C12H14F3NO2. The van der Waals surface area contributed by atoms with Gasteiger partial charge in [0, 0.05) is 6.04 Å². The second kappa shape index (κ2) is 5.86. The van der Waals surface area contributed by atoms with E-state index in [0.717, 1.165) is 12.1 Å². The van der Waals surface area contributed by atoms with Crippen LogP contribution in [-0.2, 0) is 15.7 Å². The Hall–Kier alpha value is -1.56. The van der Waals surface area contributed by atoms with Crippen LogP contribution in [0.5, 0.6) is 0 Å². The Kier molecular flexibility index (Phi) is 4.72. The fraction of sp³-hybridized carbons (Fsp3) is 0.417. The van der Waals surface area contributed by atoms with Crippen molar-refractivity contribution in [3.63, 3.8) is 0 Å². The first kappa shape index (κ1) is 14.5. The van der Waals surface area contributed by atoms with E-state index in [0.29, 0.717) is 5.56 Å². The van der Waals surface area contributed by atoms with Crippen molar-refractivity contribution in [3.05, 3.63) is 35.4 Å². The highest BCUT2D eigenvalue weighted by Crippen LogP contribution is 2.30. The number of hydrogen-bond donors (Lipinski definition) is 1. The van der Waals surface area contributed by atoms with Crippen LogP contribution >= 0.6 is 0 Å². The number of carbonyl (C=O) groups excluding carboxylic acids is 1. The van der Waals surface area contributed by atoms with Crippen molar-refractivity contribution in [1.82, 2.24) is 0 Å². The molecule has 0 aromatic heterocycles. The molecule has 0 spiro atoms. The minimum Gasteiger partial charge on any atom is -0.466 e. The first-order chi connectivity index (χ1) is 8.34. The lowest BCUT2D eigenvalue weighted by atomic mass is 10.0. The maximum Gasteiger partial charge on any atom is 0.416 e. The Labute approximate surface area is 103 Å². The molecule has 0 fully saturated rings. The third kappa shape index (κ3) is 4.03. The zero-order valence-corrected chi connectivity index (χ0v) is 9.83. The van der Waals surface area contributed by atoms with Crippen LogP contribution in [0.3, 0.4) is 0 Å². The van der Waals surface area contributed by atoms with Gasteiger partial charge in [-0.3, -0.25) is 4.79 Å². The summed E-state index contributed by atoms with van der Waals surface area (Å²) in [5, 5.41) is 0. The molecular weight excluding hydrogens is 247 g/mol. The zero-order valence-electron chi connectivity index (χ0n) is 9.83. The van der Waals surface area contributed by atoms with Crippen molar-refractivity contribution >= 4 is 5.97 Å². The molecule has 0 amide bonds. The topological polar surface area (TPSA) is 52.3 Å². The summed E-state index contributed by atoms with van der Waals surface area (Å²) in [6.45, 7) is 1.92. The Balaban J connectivity index is 2.70. The van der Waals surface area contributed by atoms with Gasteiger partial charge in [-0.2, -0.15) is 13.2 Å². The highest BCUT2D eigenvalue weighted by atomic mass is 19.4. The van der Waals surface area contributed by atoms with Gasteiger partial charge in [0.1, 0.15) is 0 Å². The van der Waals surface area contributed by atoms with E-state index in [9.17, 15) is 18.0 Å². The average molecular weight is 261 g/mol. The van der Waals surface area contributed by atoms with E-state index in [1.807, 2.05) is 0 Å². The van der Waals surface area contributed by atoms with E-state index < -0.39 is 23.8 Å². The number of hydrogen-bond acceptors (Lipinski definition) is 3. The molecule has 1 aromatic carbocycles. The van der Waals surface area contributed by atoms with Gasteiger partial charge in [0.25, 0.3) is 0 Å².